The van der Waals surface area contributed by atoms with Gasteiger partial charge in [0.2, 0.25) is 0 Å². The van der Waals surface area contributed by atoms with Crippen molar-refractivity contribution < 1.29 is 9.47 Å². The third-order valence-corrected chi connectivity index (χ3v) is 2.90. The Morgan fingerprint density at radius 2 is 2.33 bits per heavy atom. The number of hydrogen-bond acceptors (Lipinski definition) is 5. The van der Waals surface area contributed by atoms with E-state index in [1.807, 2.05) is 27.8 Å². The van der Waals surface area contributed by atoms with Crippen molar-refractivity contribution in [3.05, 3.63) is 11.3 Å². The molecule has 1 unspecified atom stereocenters. The van der Waals surface area contributed by atoms with E-state index in [1.165, 1.54) is 0 Å². The van der Waals surface area contributed by atoms with Crippen LogP contribution in [0.5, 0.6) is 0 Å². The van der Waals surface area contributed by atoms with E-state index in [0.717, 1.165) is 11.5 Å². The molecule has 0 saturated carbocycles. The fourth-order valence-electron chi connectivity index (χ4n) is 2.07. The highest BCUT2D eigenvalue weighted by Crippen LogP contribution is 2.23. The highest BCUT2D eigenvalue weighted by atomic mass is 16.7. The van der Waals surface area contributed by atoms with E-state index in [2.05, 4.69) is 16.5 Å². The van der Waals surface area contributed by atoms with E-state index in [-0.39, 0.29) is 6.10 Å². The minimum atomic E-state index is -0.521. The number of nitriles is 1. The Morgan fingerprint density at radius 3 is 2.89 bits per heavy atom. The Hall–Kier alpha value is -1.58. The molecule has 1 aromatic heterocycles. The maximum absolute atomic E-state index is 9.09. The van der Waals surface area contributed by atoms with Gasteiger partial charge in [-0.05, 0) is 20.8 Å². The first-order chi connectivity index (χ1) is 8.43. The average molecular weight is 250 g/mol. The van der Waals surface area contributed by atoms with E-state index in [1.54, 1.807) is 4.68 Å². The fourth-order valence-corrected chi connectivity index (χ4v) is 2.07. The molecule has 0 spiro atoms. The van der Waals surface area contributed by atoms with Gasteiger partial charge in [-0.25, -0.2) is 0 Å². The minimum absolute atomic E-state index is 0.0123. The number of nitrogens with one attached hydrogen (secondary N) is 1. The molecule has 0 aliphatic carbocycles. The Kier molecular flexibility index (Phi) is 3.28. The summed E-state index contributed by atoms with van der Waals surface area (Å²) in [5, 5.41) is 16.5. The predicted molar refractivity (Wildman–Crippen MR) is 66.1 cm³/mol. The predicted octanol–water partition coefficient (Wildman–Crippen LogP) is 1.16. The quantitative estimate of drug-likeness (QED) is 0.871. The molecule has 0 radical (unpaired) electrons. The molecule has 6 heteroatoms. The second-order valence-corrected chi connectivity index (χ2v) is 4.88. The second kappa shape index (κ2) is 4.59. The summed E-state index contributed by atoms with van der Waals surface area (Å²) >= 11 is 0. The largest absolute Gasteiger partial charge is 0.366 e. The van der Waals surface area contributed by atoms with Gasteiger partial charge in [0.15, 0.2) is 5.79 Å². The highest BCUT2D eigenvalue weighted by molar-refractivity contribution is 5.55. The normalized spacial score (nSPS) is 21.8. The number of aryl methyl sites for hydroxylation is 2. The molecule has 1 aliphatic rings. The van der Waals surface area contributed by atoms with Gasteiger partial charge in [-0.1, -0.05) is 0 Å². The van der Waals surface area contributed by atoms with Gasteiger partial charge in [0, 0.05) is 13.6 Å². The van der Waals surface area contributed by atoms with Gasteiger partial charge in [0.25, 0.3) is 0 Å². The number of aromatic nitrogens is 2. The number of nitrogens with zero attached hydrogens (tertiary/aromatic N) is 3. The van der Waals surface area contributed by atoms with Crippen molar-refractivity contribution in [2.45, 2.75) is 32.7 Å². The van der Waals surface area contributed by atoms with E-state index >= 15 is 0 Å². The van der Waals surface area contributed by atoms with E-state index in [0.29, 0.717) is 18.7 Å². The number of rotatable bonds is 3. The smallest absolute Gasteiger partial charge is 0.163 e. The van der Waals surface area contributed by atoms with Crippen LogP contribution in [0.2, 0.25) is 0 Å². The highest BCUT2D eigenvalue weighted by Gasteiger charge is 2.32. The van der Waals surface area contributed by atoms with Crippen LogP contribution in [0.25, 0.3) is 0 Å². The molecule has 1 atom stereocenters. The van der Waals surface area contributed by atoms with E-state index in [4.69, 9.17) is 14.7 Å². The van der Waals surface area contributed by atoms with Crippen molar-refractivity contribution in [2.24, 2.45) is 7.05 Å². The molecule has 2 heterocycles. The third kappa shape index (κ3) is 2.47. The first-order valence-corrected chi connectivity index (χ1v) is 5.92. The molecule has 1 aromatic rings. The zero-order valence-corrected chi connectivity index (χ0v) is 11.1. The summed E-state index contributed by atoms with van der Waals surface area (Å²) in [6, 6.07) is 2.16. The lowest BCUT2D eigenvalue weighted by atomic mass is 10.2. The Bertz CT molecular complexity index is 487. The van der Waals surface area contributed by atoms with Crippen LogP contribution in [0.15, 0.2) is 0 Å². The van der Waals surface area contributed by atoms with Gasteiger partial charge in [0.1, 0.15) is 23.6 Å². The first-order valence-electron chi connectivity index (χ1n) is 5.92. The first kappa shape index (κ1) is 12.9. The van der Waals surface area contributed by atoms with Crippen LogP contribution in [0.4, 0.5) is 5.82 Å². The molecule has 1 aliphatic heterocycles. The molecular weight excluding hydrogens is 232 g/mol. The molecule has 0 aromatic carbocycles. The van der Waals surface area contributed by atoms with Crippen molar-refractivity contribution in [2.75, 3.05) is 18.5 Å². The van der Waals surface area contributed by atoms with Crippen molar-refractivity contribution in [1.82, 2.24) is 9.78 Å². The molecule has 1 fully saturated rings. The molecule has 1 N–H and O–H groups in total. The van der Waals surface area contributed by atoms with E-state index in [9.17, 15) is 0 Å². The van der Waals surface area contributed by atoms with Gasteiger partial charge in [-0.2, -0.15) is 10.4 Å². The van der Waals surface area contributed by atoms with Gasteiger partial charge in [0.05, 0.1) is 12.3 Å². The van der Waals surface area contributed by atoms with Gasteiger partial charge in [-0.3, -0.25) is 4.68 Å². The molecular formula is C12H18N4O2. The van der Waals surface area contributed by atoms with Crippen LogP contribution >= 0.6 is 0 Å². The Morgan fingerprint density at radius 1 is 1.61 bits per heavy atom. The van der Waals surface area contributed by atoms with Crippen LogP contribution in [0, 0.1) is 18.3 Å². The summed E-state index contributed by atoms with van der Waals surface area (Å²) in [6.07, 6.45) is -0.0123. The molecule has 6 nitrogen and oxygen atoms in total. The summed E-state index contributed by atoms with van der Waals surface area (Å²) < 4.78 is 12.9. The maximum atomic E-state index is 9.09. The topological polar surface area (TPSA) is 72.1 Å². The van der Waals surface area contributed by atoms with Crippen molar-refractivity contribution in [3.63, 3.8) is 0 Å². The number of hydrogen-bond donors (Lipinski definition) is 1. The summed E-state index contributed by atoms with van der Waals surface area (Å²) in [7, 11) is 1.81. The Labute approximate surface area is 106 Å². The molecule has 0 amide bonds. The standard InChI is InChI=1S/C12H18N4O2/c1-8-10(5-13)11(16(4)15-8)14-6-9-7-17-12(2,3)18-9/h9,14H,6-7H2,1-4H3. The Balaban J connectivity index is 2.01. The SMILES string of the molecule is Cc1nn(C)c(NCC2COC(C)(C)O2)c1C#N. The summed E-state index contributed by atoms with van der Waals surface area (Å²) in [5.74, 6) is 0.204. The van der Waals surface area contributed by atoms with Crippen molar-refractivity contribution in [1.29, 1.82) is 5.26 Å². The zero-order valence-electron chi connectivity index (χ0n) is 11.1. The molecule has 0 bridgehead atoms. The maximum Gasteiger partial charge on any atom is 0.163 e. The van der Waals surface area contributed by atoms with Gasteiger partial charge >= 0.3 is 0 Å². The minimum Gasteiger partial charge on any atom is -0.366 e. The lowest BCUT2D eigenvalue weighted by Gasteiger charge is -2.17. The van der Waals surface area contributed by atoms with Crippen LogP contribution in [-0.2, 0) is 16.5 Å². The number of anilines is 1. The number of ether oxygens (including phenoxy) is 2. The van der Waals surface area contributed by atoms with Gasteiger partial charge in [-0.15, -0.1) is 0 Å². The summed E-state index contributed by atoms with van der Waals surface area (Å²) in [6.45, 7) is 6.75. The van der Waals surface area contributed by atoms with Gasteiger partial charge < -0.3 is 14.8 Å². The second-order valence-electron chi connectivity index (χ2n) is 4.88. The zero-order chi connectivity index (χ0) is 13.3. The molecule has 18 heavy (non-hydrogen) atoms. The lowest BCUT2D eigenvalue weighted by molar-refractivity contribution is -0.136. The van der Waals surface area contributed by atoms with Crippen molar-refractivity contribution >= 4 is 5.82 Å². The summed E-state index contributed by atoms with van der Waals surface area (Å²) in [5.41, 5.74) is 1.31. The van der Waals surface area contributed by atoms with Crippen LogP contribution in [0.3, 0.4) is 0 Å². The summed E-state index contributed by atoms with van der Waals surface area (Å²) in [4.78, 5) is 0. The molecule has 98 valence electrons. The van der Waals surface area contributed by atoms with Crippen LogP contribution in [0.1, 0.15) is 25.1 Å². The monoisotopic (exact) mass is 250 g/mol. The van der Waals surface area contributed by atoms with Crippen LogP contribution < -0.4 is 5.32 Å². The molecule has 1 saturated heterocycles. The average Bonchev–Trinajstić information content (AvgIpc) is 2.75. The fraction of sp³-hybridized carbons (Fsp3) is 0.667. The van der Waals surface area contributed by atoms with E-state index < -0.39 is 5.79 Å². The lowest BCUT2D eigenvalue weighted by Crippen LogP contribution is -2.26. The molecule has 2 rings (SSSR count). The third-order valence-electron chi connectivity index (χ3n) is 2.90. The van der Waals surface area contributed by atoms with Crippen LogP contribution in [-0.4, -0.2) is 34.8 Å². The van der Waals surface area contributed by atoms with Crippen molar-refractivity contribution in [3.8, 4) is 6.07 Å².